The van der Waals surface area contributed by atoms with Gasteiger partial charge in [-0.2, -0.15) is 0 Å². The van der Waals surface area contributed by atoms with E-state index in [1.165, 1.54) is 0 Å². The van der Waals surface area contributed by atoms with Crippen LogP contribution >= 0.6 is 12.2 Å². The molecule has 1 aromatic carbocycles. The van der Waals surface area contributed by atoms with Crippen LogP contribution in [0.25, 0.3) is 0 Å². The monoisotopic (exact) mass is 308 g/mol. The number of likely N-dealkylation sites (N-methyl/N-ethyl adjacent to an activating group) is 2. The summed E-state index contributed by atoms with van der Waals surface area (Å²) in [5.41, 5.74) is 7.06. The van der Waals surface area contributed by atoms with E-state index in [9.17, 15) is 4.79 Å². The first-order chi connectivity index (χ1) is 9.88. The highest BCUT2D eigenvalue weighted by atomic mass is 32.1. The molecule has 3 N–H and O–H groups in total. The van der Waals surface area contributed by atoms with E-state index >= 15 is 0 Å². The van der Waals surface area contributed by atoms with Gasteiger partial charge in [-0.25, -0.2) is 0 Å². The fraction of sp³-hybridized carbons (Fsp3) is 0.467. The minimum absolute atomic E-state index is 0.00760. The lowest BCUT2D eigenvalue weighted by atomic mass is 10.2. The molecule has 0 heterocycles. The summed E-state index contributed by atoms with van der Waals surface area (Å²) in [6.45, 7) is 2.65. The predicted octanol–water partition coefficient (Wildman–Crippen LogP) is 1.14. The second-order valence-corrected chi connectivity index (χ2v) is 5.79. The lowest BCUT2D eigenvalue weighted by molar-refractivity contribution is -0.116. The zero-order valence-corrected chi connectivity index (χ0v) is 13.7. The Bertz CT molecular complexity index is 490. The number of amides is 1. The molecular formula is C15H24N4OS. The highest BCUT2D eigenvalue weighted by Gasteiger charge is 2.06. The van der Waals surface area contributed by atoms with Crippen LogP contribution in [0.5, 0.6) is 0 Å². The number of anilines is 1. The van der Waals surface area contributed by atoms with Crippen molar-refractivity contribution in [3.63, 3.8) is 0 Å². The first kappa shape index (κ1) is 17.6. The molecule has 0 radical (unpaired) electrons. The van der Waals surface area contributed by atoms with Crippen molar-refractivity contribution in [1.82, 2.24) is 9.80 Å². The Hall–Kier alpha value is -1.50. The zero-order valence-electron chi connectivity index (χ0n) is 12.9. The molecule has 0 saturated heterocycles. The standard InChI is InChI=1S/C15H24N4OS/c1-18(2)9-10-19(3)8-7-14(20)17-13-6-4-5-12(11-13)15(16)21/h4-6,11H,7-10H2,1-3H3,(H2,16,21)(H,17,20). The van der Waals surface area contributed by atoms with Crippen LogP contribution in [0, 0.1) is 0 Å². The number of thiocarbonyl (C=S) groups is 1. The Morgan fingerprint density at radius 3 is 2.57 bits per heavy atom. The molecule has 0 saturated carbocycles. The lowest BCUT2D eigenvalue weighted by Crippen LogP contribution is -2.31. The van der Waals surface area contributed by atoms with Crippen molar-refractivity contribution < 1.29 is 4.79 Å². The van der Waals surface area contributed by atoms with Gasteiger partial charge in [-0.15, -0.1) is 0 Å². The summed E-state index contributed by atoms with van der Waals surface area (Å²) >= 11 is 4.93. The molecule has 0 aromatic heterocycles. The summed E-state index contributed by atoms with van der Waals surface area (Å²) in [4.78, 5) is 16.5. The van der Waals surface area contributed by atoms with Gasteiger partial charge in [0.1, 0.15) is 4.99 Å². The van der Waals surface area contributed by atoms with Crippen molar-refractivity contribution in [3.8, 4) is 0 Å². The van der Waals surface area contributed by atoms with E-state index in [-0.39, 0.29) is 5.91 Å². The Balaban J connectivity index is 2.40. The van der Waals surface area contributed by atoms with Crippen LogP contribution in [0.4, 0.5) is 5.69 Å². The number of nitrogens with two attached hydrogens (primary N) is 1. The molecule has 0 aliphatic heterocycles. The summed E-state index contributed by atoms with van der Waals surface area (Å²) in [5.74, 6) is -0.00760. The van der Waals surface area contributed by atoms with E-state index in [1.807, 2.05) is 39.3 Å². The quantitative estimate of drug-likeness (QED) is 0.705. The number of carbonyl (C=O) groups excluding carboxylic acids is 1. The average molecular weight is 308 g/mol. The van der Waals surface area contributed by atoms with E-state index in [0.717, 1.165) is 30.9 Å². The van der Waals surface area contributed by atoms with E-state index < -0.39 is 0 Å². The largest absolute Gasteiger partial charge is 0.389 e. The molecule has 0 aliphatic rings. The number of nitrogens with one attached hydrogen (secondary N) is 1. The molecule has 0 bridgehead atoms. The van der Waals surface area contributed by atoms with Gasteiger partial charge in [0.2, 0.25) is 5.91 Å². The third kappa shape index (κ3) is 7.17. The fourth-order valence-electron chi connectivity index (χ4n) is 1.75. The van der Waals surface area contributed by atoms with Gasteiger partial charge < -0.3 is 20.9 Å². The topological polar surface area (TPSA) is 61.6 Å². The molecule has 1 amide bonds. The van der Waals surface area contributed by atoms with Crippen molar-refractivity contribution in [2.75, 3.05) is 46.1 Å². The van der Waals surface area contributed by atoms with Gasteiger partial charge in [0, 0.05) is 37.3 Å². The van der Waals surface area contributed by atoms with E-state index in [1.54, 1.807) is 6.07 Å². The highest BCUT2D eigenvalue weighted by molar-refractivity contribution is 7.80. The number of carbonyl (C=O) groups is 1. The van der Waals surface area contributed by atoms with Crippen LogP contribution in [-0.4, -0.2) is 61.5 Å². The second kappa shape index (κ2) is 8.71. The normalized spacial score (nSPS) is 10.9. The van der Waals surface area contributed by atoms with Crippen LogP contribution in [0.2, 0.25) is 0 Å². The summed E-state index contributed by atoms with van der Waals surface area (Å²) in [6, 6.07) is 7.27. The summed E-state index contributed by atoms with van der Waals surface area (Å²) < 4.78 is 0. The van der Waals surface area contributed by atoms with Gasteiger partial charge in [0.05, 0.1) is 0 Å². The molecule has 21 heavy (non-hydrogen) atoms. The maximum atomic E-state index is 11.9. The first-order valence-corrected chi connectivity index (χ1v) is 7.32. The van der Waals surface area contributed by atoms with Crippen LogP contribution in [0.1, 0.15) is 12.0 Å². The van der Waals surface area contributed by atoms with Crippen molar-refractivity contribution >= 4 is 28.8 Å². The SMILES string of the molecule is CN(C)CCN(C)CCC(=O)Nc1cccc(C(N)=S)c1. The number of rotatable bonds is 8. The molecule has 5 nitrogen and oxygen atoms in total. The third-order valence-corrected chi connectivity index (χ3v) is 3.32. The smallest absolute Gasteiger partial charge is 0.225 e. The van der Waals surface area contributed by atoms with Crippen LogP contribution < -0.4 is 11.1 Å². The van der Waals surface area contributed by atoms with Crippen molar-refractivity contribution in [1.29, 1.82) is 0 Å². The van der Waals surface area contributed by atoms with Gasteiger partial charge in [0.15, 0.2) is 0 Å². The minimum atomic E-state index is -0.00760. The van der Waals surface area contributed by atoms with Gasteiger partial charge in [-0.3, -0.25) is 4.79 Å². The van der Waals surface area contributed by atoms with E-state index in [4.69, 9.17) is 18.0 Å². The van der Waals surface area contributed by atoms with Crippen LogP contribution in [0.15, 0.2) is 24.3 Å². The van der Waals surface area contributed by atoms with Gasteiger partial charge in [0.25, 0.3) is 0 Å². The Kier molecular flexibility index (Phi) is 7.28. The molecule has 0 aliphatic carbocycles. The van der Waals surface area contributed by atoms with E-state index in [0.29, 0.717) is 11.4 Å². The first-order valence-electron chi connectivity index (χ1n) is 6.91. The number of hydrogen-bond acceptors (Lipinski definition) is 4. The van der Waals surface area contributed by atoms with Crippen molar-refractivity contribution in [2.45, 2.75) is 6.42 Å². The molecule has 116 valence electrons. The summed E-state index contributed by atoms with van der Waals surface area (Å²) in [5, 5.41) is 2.87. The maximum absolute atomic E-state index is 11.9. The van der Waals surface area contributed by atoms with Crippen molar-refractivity contribution in [3.05, 3.63) is 29.8 Å². The van der Waals surface area contributed by atoms with Crippen LogP contribution in [-0.2, 0) is 4.79 Å². The number of nitrogens with zero attached hydrogens (tertiary/aromatic N) is 2. The van der Waals surface area contributed by atoms with Gasteiger partial charge in [-0.05, 0) is 33.3 Å². The molecule has 0 fully saturated rings. The van der Waals surface area contributed by atoms with Crippen molar-refractivity contribution in [2.24, 2.45) is 5.73 Å². The predicted molar refractivity (Wildman–Crippen MR) is 91.6 cm³/mol. The molecule has 0 spiro atoms. The molecule has 6 heteroatoms. The molecule has 0 unspecified atom stereocenters. The van der Waals surface area contributed by atoms with Gasteiger partial charge >= 0.3 is 0 Å². The zero-order chi connectivity index (χ0) is 15.8. The number of benzene rings is 1. The second-order valence-electron chi connectivity index (χ2n) is 5.35. The maximum Gasteiger partial charge on any atom is 0.225 e. The third-order valence-electron chi connectivity index (χ3n) is 3.08. The average Bonchev–Trinajstić information content (AvgIpc) is 2.43. The Labute approximate surface area is 132 Å². The van der Waals surface area contributed by atoms with E-state index in [2.05, 4.69) is 15.1 Å². The summed E-state index contributed by atoms with van der Waals surface area (Å²) in [7, 11) is 6.09. The molecule has 0 atom stereocenters. The van der Waals surface area contributed by atoms with Crippen LogP contribution in [0.3, 0.4) is 0 Å². The molecule has 1 rings (SSSR count). The van der Waals surface area contributed by atoms with Gasteiger partial charge in [-0.1, -0.05) is 24.4 Å². The highest BCUT2D eigenvalue weighted by Crippen LogP contribution is 2.11. The number of hydrogen-bond donors (Lipinski definition) is 2. The Morgan fingerprint density at radius 1 is 1.24 bits per heavy atom. The minimum Gasteiger partial charge on any atom is -0.389 e. The molecular weight excluding hydrogens is 284 g/mol. The lowest BCUT2D eigenvalue weighted by Gasteiger charge is -2.18. The summed E-state index contributed by atoms with van der Waals surface area (Å²) in [6.07, 6.45) is 0.460. The molecule has 1 aromatic rings. The Morgan fingerprint density at radius 2 is 1.95 bits per heavy atom. The fourth-order valence-corrected chi connectivity index (χ4v) is 1.88.